The van der Waals surface area contributed by atoms with Crippen molar-refractivity contribution in [2.75, 3.05) is 20.2 Å². The van der Waals surface area contributed by atoms with Gasteiger partial charge in [-0.05, 0) is 25.9 Å². The van der Waals surface area contributed by atoms with Crippen LogP contribution in [0.2, 0.25) is 0 Å². The number of likely N-dealkylation sites (tertiary alicyclic amines) is 1. The van der Waals surface area contributed by atoms with E-state index in [1.165, 1.54) is 13.5 Å². The van der Waals surface area contributed by atoms with Gasteiger partial charge >= 0.3 is 5.97 Å². The van der Waals surface area contributed by atoms with Gasteiger partial charge in [-0.25, -0.2) is 0 Å². The molecular formula is C9H17NO2. The highest BCUT2D eigenvalue weighted by Gasteiger charge is 2.27. The second kappa shape index (κ2) is 4.45. The lowest BCUT2D eigenvalue weighted by atomic mass is 10.0. The van der Waals surface area contributed by atoms with Gasteiger partial charge in [-0.2, -0.15) is 0 Å². The molecule has 1 aliphatic heterocycles. The van der Waals surface area contributed by atoms with Crippen molar-refractivity contribution < 1.29 is 9.53 Å². The minimum Gasteiger partial charge on any atom is -0.468 e. The Morgan fingerprint density at radius 2 is 2.33 bits per heavy atom. The van der Waals surface area contributed by atoms with E-state index in [2.05, 4.69) is 11.8 Å². The fraction of sp³-hybridized carbons (Fsp3) is 0.889. The molecule has 0 aromatic heterocycles. The third kappa shape index (κ3) is 1.97. The van der Waals surface area contributed by atoms with Crippen molar-refractivity contribution in [2.24, 2.45) is 0 Å². The van der Waals surface area contributed by atoms with Crippen molar-refractivity contribution in [3.63, 3.8) is 0 Å². The van der Waals surface area contributed by atoms with Crippen LogP contribution in [0.25, 0.3) is 0 Å². The van der Waals surface area contributed by atoms with Gasteiger partial charge < -0.3 is 4.74 Å². The first kappa shape index (κ1) is 9.52. The molecule has 0 N–H and O–H groups in total. The summed E-state index contributed by atoms with van der Waals surface area (Å²) in [4.78, 5) is 13.5. The molecule has 1 saturated heterocycles. The third-order valence-corrected chi connectivity index (χ3v) is 2.49. The molecule has 3 nitrogen and oxygen atoms in total. The molecule has 1 rings (SSSR count). The number of hydrogen-bond donors (Lipinski definition) is 0. The average molecular weight is 171 g/mol. The maximum atomic E-state index is 11.3. The predicted octanol–water partition coefficient (Wildman–Crippen LogP) is 1.03. The number of rotatable bonds is 2. The van der Waals surface area contributed by atoms with Crippen LogP contribution < -0.4 is 0 Å². The smallest absolute Gasteiger partial charge is 0.323 e. The van der Waals surface area contributed by atoms with E-state index in [4.69, 9.17) is 4.74 Å². The van der Waals surface area contributed by atoms with Crippen LogP contribution in [-0.4, -0.2) is 37.1 Å². The fourth-order valence-electron chi connectivity index (χ4n) is 1.77. The Morgan fingerprint density at radius 3 is 2.92 bits per heavy atom. The molecule has 0 aliphatic carbocycles. The Labute approximate surface area is 73.7 Å². The van der Waals surface area contributed by atoms with Crippen LogP contribution in [0.15, 0.2) is 0 Å². The largest absolute Gasteiger partial charge is 0.468 e. The molecule has 0 saturated carbocycles. The standard InChI is InChI=1S/C9H17NO2/c1-3-10-7-5-4-6-8(10)9(11)12-2/h8H,3-7H2,1-2H3/t8-/m1/s1. The predicted molar refractivity (Wildman–Crippen MR) is 46.9 cm³/mol. The summed E-state index contributed by atoms with van der Waals surface area (Å²) < 4.78 is 4.74. The van der Waals surface area contributed by atoms with Gasteiger partial charge in [-0.15, -0.1) is 0 Å². The summed E-state index contributed by atoms with van der Waals surface area (Å²) in [5.74, 6) is -0.0726. The monoisotopic (exact) mass is 171 g/mol. The Kier molecular flexibility index (Phi) is 3.53. The minimum atomic E-state index is -0.0726. The zero-order chi connectivity index (χ0) is 8.97. The summed E-state index contributed by atoms with van der Waals surface area (Å²) >= 11 is 0. The van der Waals surface area contributed by atoms with Gasteiger partial charge in [0.2, 0.25) is 0 Å². The van der Waals surface area contributed by atoms with Crippen LogP contribution in [0.1, 0.15) is 26.2 Å². The quantitative estimate of drug-likeness (QED) is 0.581. The number of ether oxygens (including phenoxy) is 1. The first-order valence-electron chi connectivity index (χ1n) is 4.61. The van der Waals surface area contributed by atoms with E-state index in [0.717, 1.165) is 25.9 Å². The van der Waals surface area contributed by atoms with Crippen molar-refractivity contribution >= 4 is 5.97 Å². The normalized spacial score (nSPS) is 25.3. The van der Waals surface area contributed by atoms with E-state index >= 15 is 0 Å². The van der Waals surface area contributed by atoms with Crippen LogP contribution >= 0.6 is 0 Å². The molecule has 0 radical (unpaired) electrons. The summed E-state index contributed by atoms with van der Waals surface area (Å²) in [6.45, 7) is 4.07. The maximum Gasteiger partial charge on any atom is 0.323 e. The van der Waals surface area contributed by atoms with E-state index < -0.39 is 0 Å². The van der Waals surface area contributed by atoms with E-state index in [0.29, 0.717) is 0 Å². The number of nitrogens with zero attached hydrogens (tertiary/aromatic N) is 1. The molecule has 1 fully saturated rings. The van der Waals surface area contributed by atoms with Gasteiger partial charge in [0, 0.05) is 0 Å². The molecule has 0 aromatic carbocycles. The van der Waals surface area contributed by atoms with Crippen molar-refractivity contribution in [1.82, 2.24) is 4.90 Å². The van der Waals surface area contributed by atoms with Gasteiger partial charge in [-0.1, -0.05) is 13.3 Å². The van der Waals surface area contributed by atoms with Crippen LogP contribution in [0.3, 0.4) is 0 Å². The van der Waals surface area contributed by atoms with Crippen molar-refractivity contribution in [3.8, 4) is 0 Å². The van der Waals surface area contributed by atoms with Gasteiger partial charge in [0.05, 0.1) is 7.11 Å². The van der Waals surface area contributed by atoms with Gasteiger partial charge in [0.25, 0.3) is 0 Å². The van der Waals surface area contributed by atoms with E-state index in [1.54, 1.807) is 0 Å². The zero-order valence-corrected chi connectivity index (χ0v) is 7.88. The lowest BCUT2D eigenvalue weighted by molar-refractivity contribution is -0.148. The lowest BCUT2D eigenvalue weighted by Gasteiger charge is -2.32. The third-order valence-electron chi connectivity index (χ3n) is 2.49. The van der Waals surface area contributed by atoms with E-state index in [1.807, 2.05) is 0 Å². The highest BCUT2D eigenvalue weighted by Crippen LogP contribution is 2.17. The summed E-state index contributed by atoms with van der Waals surface area (Å²) in [6, 6.07) is 0.0220. The van der Waals surface area contributed by atoms with Gasteiger partial charge in [-0.3, -0.25) is 9.69 Å². The molecule has 0 bridgehead atoms. The second-order valence-electron chi connectivity index (χ2n) is 3.16. The number of piperidine rings is 1. The minimum absolute atomic E-state index is 0.0220. The molecule has 70 valence electrons. The second-order valence-corrected chi connectivity index (χ2v) is 3.16. The Bertz CT molecular complexity index is 159. The first-order valence-corrected chi connectivity index (χ1v) is 4.61. The first-order chi connectivity index (χ1) is 5.79. The number of hydrogen-bond acceptors (Lipinski definition) is 3. The SMILES string of the molecule is CCN1CCCC[C@@H]1C(=O)OC. The molecule has 0 unspecified atom stereocenters. The van der Waals surface area contributed by atoms with Crippen molar-refractivity contribution in [3.05, 3.63) is 0 Å². The number of methoxy groups -OCH3 is 1. The molecule has 3 heteroatoms. The number of carbonyl (C=O) groups excluding carboxylic acids is 1. The van der Waals surface area contributed by atoms with Crippen LogP contribution in [0, 0.1) is 0 Å². The molecule has 1 atom stereocenters. The Balaban J connectivity index is 2.52. The van der Waals surface area contributed by atoms with Crippen LogP contribution in [-0.2, 0) is 9.53 Å². The van der Waals surface area contributed by atoms with Crippen molar-refractivity contribution in [2.45, 2.75) is 32.2 Å². The molecule has 0 spiro atoms. The number of carbonyl (C=O) groups is 1. The molecule has 1 heterocycles. The lowest BCUT2D eigenvalue weighted by Crippen LogP contribution is -2.44. The van der Waals surface area contributed by atoms with E-state index in [9.17, 15) is 4.79 Å². The van der Waals surface area contributed by atoms with Gasteiger partial charge in [0.15, 0.2) is 0 Å². The molecule has 0 aromatic rings. The Hall–Kier alpha value is -0.570. The zero-order valence-electron chi connectivity index (χ0n) is 7.88. The summed E-state index contributed by atoms with van der Waals surface area (Å²) in [7, 11) is 1.46. The number of likely N-dealkylation sites (N-methyl/N-ethyl adjacent to an activating group) is 1. The molecule has 12 heavy (non-hydrogen) atoms. The number of esters is 1. The van der Waals surface area contributed by atoms with E-state index in [-0.39, 0.29) is 12.0 Å². The Morgan fingerprint density at radius 1 is 1.58 bits per heavy atom. The van der Waals surface area contributed by atoms with Gasteiger partial charge in [0.1, 0.15) is 6.04 Å². The summed E-state index contributed by atoms with van der Waals surface area (Å²) in [5.41, 5.74) is 0. The average Bonchev–Trinajstić information content (AvgIpc) is 2.16. The van der Waals surface area contributed by atoms with Crippen LogP contribution in [0.4, 0.5) is 0 Å². The molecular weight excluding hydrogens is 154 g/mol. The highest BCUT2D eigenvalue weighted by molar-refractivity contribution is 5.75. The topological polar surface area (TPSA) is 29.5 Å². The molecule has 0 amide bonds. The fourth-order valence-corrected chi connectivity index (χ4v) is 1.77. The maximum absolute atomic E-state index is 11.3. The van der Waals surface area contributed by atoms with Crippen molar-refractivity contribution in [1.29, 1.82) is 0 Å². The molecule has 1 aliphatic rings. The van der Waals surface area contributed by atoms with Crippen LogP contribution in [0.5, 0.6) is 0 Å². The highest BCUT2D eigenvalue weighted by atomic mass is 16.5. The summed E-state index contributed by atoms with van der Waals surface area (Å²) in [5, 5.41) is 0. The summed E-state index contributed by atoms with van der Waals surface area (Å²) in [6.07, 6.45) is 3.32.